The normalized spacial score (nSPS) is 20.4. The van der Waals surface area contributed by atoms with Crippen molar-refractivity contribution < 1.29 is 14.0 Å². The van der Waals surface area contributed by atoms with Crippen molar-refractivity contribution >= 4 is 28.7 Å². The molecule has 166 valence electrons. The first-order chi connectivity index (χ1) is 16.0. The molecule has 5 rings (SSSR count). The van der Waals surface area contributed by atoms with Gasteiger partial charge in [0.15, 0.2) is 5.78 Å². The highest BCUT2D eigenvalue weighted by molar-refractivity contribution is 7.10. The van der Waals surface area contributed by atoms with E-state index in [4.69, 9.17) is 0 Å². The lowest BCUT2D eigenvalue weighted by Gasteiger charge is -2.36. The van der Waals surface area contributed by atoms with Crippen molar-refractivity contribution in [2.45, 2.75) is 31.6 Å². The molecule has 4 nitrogen and oxygen atoms in total. The maximum absolute atomic E-state index is 14.2. The second-order valence-corrected chi connectivity index (χ2v) is 9.36. The molecule has 0 radical (unpaired) electrons. The smallest absolute Gasteiger partial charge is 0.254 e. The van der Waals surface area contributed by atoms with Gasteiger partial charge in [0, 0.05) is 33.8 Å². The van der Waals surface area contributed by atoms with E-state index in [1.807, 2.05) is 42.6 Å². The van der Waals surface area contributed by atoms with E-state index in [2.05, 4.69) is 22.8 Å². The Bertz CT molecular complexity index is 1280. The van der Waals surface area contributed by atoms with Gasteiger partial charge in [-0.05, 0) is 48.4 Å². The van der Waals surface area contributed by atoms with E-state index in [1.165, 1.54) is 23.5 Å². The number of carbonyl (C=O) groups is 2. The van der Waals surface area contributed by atoms with Gasteiger partial charge in [0.1, 0.15) is 5.82 Å². The van der Waals surface area contributed by atoms with Crippen LogP contribution in [0.1, 0.15) is 42.0 Å². The Balaban J connectivity index is 1.54. The van der Waals surface area contributed by atoms with Gasteiger partial charge in [-0.3, -0.25) is 9.59 Å². The predicted molar refractivity (Wildman–Crippen MR) is 128 cm³/mol. The van der Waals surface area contributed by atoms with E-state index >= 15 is 0 Å². The summed E-state index contributed by atoms with van der Waals surface area (Å²) in [5, 5.41) is 8.01. The Labute approximate surface area is 195 Å². The fourth-order valence-electron chi connectivity index (χ4n) is 4.79. The Morgan fingerprint density at radius 2 is 1.79 bits per heavy atom. The molecule has 0 bridgehead atoms. The fraction of sp³-hybridized carbons (Fsp3) is 0.185. The number of thiophene rings is 1. The number of dihydropyridines is 1. The van der Waals surface area contributed by atoms with E-state index < -0.39 is 17.6 Å². The van der Waals surface area contributed by atoms with E-state index in [9.17, 15) is 14.0 Å². The summed E-state index contributed by atoms with van der Waals surface area (Å²) < 4.78 is 14.2. The minimum atomic E-state index is -0.500. The van der Waals surface area contributed by atoms with Crippen molar-refractivity contribution in [1.29, 1.82) is 0 Å². The summed E-state index contributed by atoms with van der Waals surface area (Å²) in [7, 11) is 0. The molecule has 2 unspecified atom stereocenters. The Hall–Kier alpha value is -3.51. The van der Waals surface area contributed by atoms with Gasteiger partial charge in [0.25, 0.3) is 5.91 Å². The minimum Gasteiger partial charge on any atom is -0.362 e. The number of halogens is 1. The van der Waals surface area contributed by atoms with Crippen LogP contribution in [0.5, 0.6) is 0 Å². The molecule has 3 aromatic rings. The zero-order valence-corrected chi connectivity index (χ0v) is 18.9. The monoisotopic (exact) mass is 458 g/mol. The van der Waals surface area contributed by atoms with Crippen molar-refractivity contribution in [2.24, 2.45) is 0 Å². The van der Waals surface area contributed by atoms with Crippen LogP contribution in [0.3, 0.4) is 0 Å². The molecule has 0 saturated carbocycles. The lowest BCUT2D eigenvalue weighted by atomic mass is 9.73. The fourth-order valence-corrected chi connectivity index (χ4v) is 5.64. The van der Waals surface area contributed by atoms with Crippen LogP contribution in [0.15, 0.2) is 94.7 Å². The Morgan fingerprint density at radius 1 is 1.03 bits per heavy atom. The van der Waals surface area contributed by atoms with Crippen molar-refractivity contribution in [3.05, 3.63) is 111 Å². The zero-order chi connectivity index (χ0) is 22.9. The number of hydrogen-bond acceptors (Lipinski definition) is 4. The Kier molecular flexibility index (Phi) is 5.68. The summed E-state index contributed by atoms with van der Waals surface area (Å²) in [6.45, 7) is 1.84. The molecule has 1 aliphatic heterocycles. The van der Waals surface area contributed by atoms with Gasteiger partial charge in [0.2, 0.25) is 0 Å². The van der Waals surface area contributed by atoms with E-state index in [1.54, 1.807) is 12.1 Å². The number of allylic oxidation sites excluding steroid dienone is 3. The molecule has 2 aromatic carbocycles. The number of Topliss-reactive ketones (excluding diaryl/α,β-unsaturated/α-hetero) is 1. The lowest BCUT2D eigenvalue weighted by Crippen LogP contribution is -2.36. The first kappa shape index (κ1) is 21.3. The molecule has 2 N–H and O–H groups in total. The highest BCUT2D eigenvalue weighted by Crippen LogP contribution is 2.46. The SMILES string of the molecule is CC1=C(C(=O)Nc2ccccc2F)C(c2cccs2)C2=C(CC(c3ccccc3)CC2=O)N1. The minimum absolute atomic E-state index is 0.0414. The molecule has 1 amide bonds. The van der Waals surface area contributed by atoms with Gasteiger partial charge < -0.3 is 10.6 Å². The lowest BCUT2D eigenvalue weighted by molar-refractivity contribution is -0.116. The van der Waals surface area contributed by atoms with Crippen LogP contribution < -0.4 is 10.6 Å². The van der Waals surface area contributed by atoms with Crippen LogP contribution in [0.4, 0.5) is 10.1 Å². The first-order valence-corrected chi connectivity index (χ1v) is 11.8. The van der Waals surface area contributed by atoms with Crippen LogP contribution in [-0.2, 0) is 9.59 Å². The largest absolute Gasteiger partial charge is 0.362 e. The topological polar surface area (TPSA) is 58.2 Å². The second-order valence-electron chi connectivity index (χ2n) is 8.38. The summed E-state index contributed by atoms with van der Waals surface area (Å²) in [5.74, 6) is -1.25. The van der Waals surface area contributed by atoms with Gasteiger partial charge in [-0.15, -0.1) is 11.3 Å². The highest BCUT2D eigenvalue weighted by atomic mass is 32.1. The molecule has 2 heterocycles. The number of carbonyl (C=O) groups excluding carboxylic acids is 2. The third kappa shape index (κ3) is 4.02. The maximum atomic E-state index is 14.2. The van der Waals surface area contributed by atoms with E-state index in [-0.39, 0.29) is 17.4 Å². The number of nitrogens with one attached hydrogen (secondary N) is 2. The summed E-state index contributed by atoms with van der Waals surface area (Å²) in [5.41, 5.74) is 3.91. The van der Waals surface area contributed by atoms with Crippen LogP contribution in [0, 0.1) is 5.82 Å². The maximum Gasteiger partial charge on any atom is 0.254 e. The number of ketones is 1. The van der Waals surface area contributed by atoms with Crippen molar-refractivity contribution in [3.8, 4) is 0 Å². The van der Waals surface area contributed by atoms with Gasteiger partial charge >= 0.3 is 0 Å². The van der Waals surface area contributed by atoms with Crippen LogP contribution in [0.25, 0.3) is 0 Å². The summed E-state index contributed by atoms with van der Waals surface area (Å²) in [6.07, 6.45) is 1.10. The average molecular weight is 459 g/mol. The number of rotatable bonds is 4. The summed E-state index contributed by atoms with van der Waals surface area (Å²) >= 11 is 1.51. The van der Waals surface area contributed by atoms with Crippen LogP contribution >= 0.6 is 11.3 Å². The van der Waals surface area contributed by atoms with Crippen molar-refractivity contribution in [2.75, 3.05) is 5.32 Å². The molecular weight excluding hydrogens is 435 g/mol. The summed E-state index contributed by atoms with van der Waals surface area (Å²) in [4.78, 5) is 27.8. The molecule has 0 spiro atoms. The van der Waals surface area contributed by atoms with Gasteiger partial charge in [-0.2, -0.15) is 0 Å². The standard InChI is InChI=1S/C27H23FN2O2S/c1-16-24(27(32)30-20-11-6-5-10-19(20)28)26(23-12-7-13-33-23)25-21(29-16)14-18(15-22(25)31)17-8-3-2-4-9-17/h2-13,18,26,29H,14-15H2,1H3,(H,30,32). The highest BCUT2D eigenvalue weighted by Gasteiger charge is 2.41. The zero-order valence-electron chi connectivity index (χ0n) is 18.1. The quantitative estimate of drug-likeness (QED) is 0.513. The number of para-hydroxylation sites is 1. The molecule has 0 fully saturated rings. The third-order valence-electron chi connectivity index (χ3n) is 6.29. The second kappa shape index (κ2) is 8.79. The van der Waals surface area contributed by atoms with E-state index in [0.717, 1.165) is 16.1 Å². The molecule has 1 aliphatic carbocycles. The van der Waals surface area contributed by atoms with Crippen LogP contribution in [-0.4, -0.2) is 11.7 Å². The number of amides is 1. The molecule has 33 heavy (non-hydrogen) atoms. The predicted octanol–water partition coefficient (Wildman–Crippen LogP) is 5.89. The van der Waals surface area contributed by atoms with Gasteiger partial charge in [0.05, 0.1) is 11.6 Å². The molecule has 0 saturated heterocycles. The van der Waals surface area contributed by atoms with Gasteiger partial charge in [-0.25, -0.2) is 4.39 Å². The molecule has 6 heteroatoms. The van der Waals surface area contributed by atoms with Crippen molar-refractivity contribution in [3.63, 3.8) is 0 Å². The number of anilines is 1. The number of benzene rings is 2. The Morgan fingerprint density at radius 3 is 2.52 bits per heavy atom. The van der Waals surface area contributed by atoms with Crippen LogP contribution in [0.2, 0.25) is 0 Å². The molecular formula is C27H23FN2O2S. The third-order valence-corrected chi connectivity index (χ3v) is 7.23. The summed E-state index contributed by atoms with van der Waals surface area (Å²) in [6, 6.07) is 20.0. The average Bonchev–Trinajstić information content (AvgIpc) is 3.35. The molecule has 1 aromatic heterocycles. The molecule has 2 atom stereocenters. The number of hydrogen-bond donors (Lipinski definition) is 2. The van der Waals surface area contributed by atoms with Crippen molar-refractivity contribution in [1.82, 2.24) is 5.32 Å². The molecule has 2 aliphatic rings. The van der Waals surface area contributed by atoms with Gasteiger partial charge in [-0.1, -0.05) is 48.5 Å². The van der Waals surface area contributed by atoms with E-state index in [0.29, 0.717) is 29.7 Å². The first-order valence-electron chi connectivity index (χ1n) is 10.9.